The van der Waals surface area contributed by atoms with E-state index < -0.39 is 0 Å². The van der Waals surface area contributed by atoms with Gasteiger partial charge in [0, 0.05) is 17.3 Å². The summed E-state index contributed by atoms with van der Waals surface area (Å²) < 4.78 is 18.7. The van der Waals surface area contributed by atoms with Crippen LogP contribution < -0.4 is 4.74 Å². The Morgan fingerprint density at radius 2 is 2.12 bits per heavy atom. The molecule has 0 fully saturated rings. The lowest BCUT2D eigenvalue weighted by Crippen LogP contribution is -1.90. The molecule has 0 aliphatic carbocycles. The van der Waals surface area contributed by atoms with Crippen LogP contribution in [0.3, 0.4) is 0 Å². The van der Waals surface area contributed by atoms with Crippen molar-refractivity contribution in [3.63, 3.8) is 0 Å². The lowest BCUT2D eigenvalue weighted by Gasteiger charge is -2.05. The number of nitrogens with zero attached hydrogens (tertiary/aromatic N) is 1. The zero-order valence-electron chi connectivity index (χ0n) is 9.27. The minimum atomic E-state index is -0.341. The van der Waals surface area contributed by atoms with Gasteiger partial charge in [-0.3, -0.25) is 4.98 Å². The fraction of sp³-hybridized carbons (Fsp3) is 0.0714. The van der Waals surface area contributed by atoms with Crippen molar-refractivity contribution in [1.29, 1.82) is 0 Å². The number of pyridine rings is 1. The Morgan fingerprint density at radius 3 is 2.71 bits per heavy atom. The highest BCUT2D eigenvalue weighted by Crippen LogP contribution is 2.25. The quantitative estimate of drug-likeness (QED) is 0.736. The molecule has 0 spiro atoms. The first-order valence-electron chi connectivity index (χ1n) is 5.01. The Bertz CT molecular complexity index is 570. The summed E-state index contributed by atoms with van der Waals surface area (Å²) in [6.45, 7) is 0. The summed E-state index contributed by atoms with van der Waals surface area (Å²) in [4.78, 5) is 4.12. The molecule has 0 amide bonds. The van der Waals surface area contributed by atoms with Crippen LogP contribution in [0.15, 0.2) is 36.5 Å². The Labute approximate surface area is 99.1 Å². The van der Waals surface area contributed by atoms with Crippen molar-refractivity contribution in [2.24, 2.45) is 0 Å². The molecule has 84 valence electrons. The molecule has 1 aromatic heterocycles. The minimum absolute atomic E-state index is 0.341. The number of ether oxygens (including phenoxy) is 1. The molecular weight excluding hydrogens is 217 g/mol. The van der Waals surface area contributed by atoms with Crippen molar-refractivity contribution >= 4 is 0 Å². The molecular formula is C14H10FNO. The second kappa shape index (κ2) is 4.67. The van der Waals surface area contributed by atoms with E-state index in [0.717, 1.165) is 0 Å². The van der Waals surface area contributed by atoms with Crippen molar-refractivity contribution in [1.82, 2.24) is 4.98 Å². The standard InChI is InChI=1S/C14H10FNO/c1-3-10-4-7-14(16-9-10)12-8-11(17-2)5-6-13(12)15/h1,4-9H,2H3. The number of aromatic nitrogens is 1. The molecule has 0 bridgehead atoms. The third-order valence-electron chi connectivity index (χ3n) is 2.38. The summed E-state index contributed by atoms with van der Waals surface area (Å²) in [7, 11) is 1.53. The predicted octanol–water partition coefficient (Wildman–Crippen LogP) is 2.88. The third kappa shape index (κ3) is 2.26. The van der Waals surface area contributed by atoms with E-state index in [9.17, 15) is 4.39 Å². The highest BCUT2D eigenvalue weighted by molar-refractivity contribution is 5.62. The first-order valence-corrected chi connectivity index (χ1v) is 5.01. The van der Waals surface area contributed by atoms with Gasteiger partial charge in [0.1, 0.15) is 11.6 Å². The summed E-state index contributed by atoms with van der Waals surface area (Å²) in [5.74, 6) is 2.71. The molecule has 3 heteroatoms. The Morgan fingerprint density at radius 1 is 1.29 bits per heavy atom. The molecule has 0 radical (unpaired) electrons. The molecule has 0 N–H and O–H groups in total. The van der Waals surface area contributed by atoms with Gasteiger partial charge in [0.05, 0.1) is 12.8 Å². The summed E-state index contributed by atoms with van der Waals surface area (Å²) in [6, 6.07) is 7.93. The lowest BCUT2D eigenvalue weighted by molar-refractivity contribution is 0.414. The lowest BCUT2D eigenvalue weighted by atomic mass is 10.1. The van der Waals surface area contributed by atoms with E-state index in [2.05, 4.69) is 10.9 Å². The summed E-state index contributed by atoms with van der Waals surface area (Å²) in [5, 5.41) is 0. The molecule has 0 saturated heterocycles. The largest absolute Gasteiger partial charge is 0.497 e. The van der Waals surface area contributed by atoms with Gasteiger partial charge in [-0.15, -0.1) is 6.42 Å². The summed E-state index contributed by atoms with van der Waals surface area (Å²) >= 11 is 0. The average Bonchev–Trinajstić information content (AvgIpc) is 2.39. The van der Waals surface area contributed by atoms with Crippen LogP contribution in [-0.4, -0.2) is 12.1 Å². The van der Waals surface area contributed by atoms with Gasteiger partial charge in [0.2, 0.25) is 0 Å². The number of benzene rings is 1. The zero-order valence-corrected chi connectivity index (χ0v) is 9.27. The van der Waals surface area contributed by atoms with Crippen molar-refractivity contribution < 1.29 is 9.13 Å². The van der Waals surface area contributed by atoms with Crippen LogP contribution in [-0.2, 0) is 0 Å². The Balaban J connectivity index is 2.48. The van der Waals surface area contributed by atoms with Gasteiger partial charge in [0.25, 0.3) is 0 Å². The SMILES string of the molecule is C#Cc1ccc(-c2cc(OC)ccc2F)nc1. The predicted molar refractivity (Wildman–Crippen MR) is 64.1 cm³/mol. The average molecular weight is 227 g/mol. The Kier molecular flexibility index (Phi) is 3.06. The van der Waals surface area contributed by atoms with Gasteiger partial charge in [0.15, 0.2) is 0 Å². The molecule has 0 aliphatic heterocycles. The number of methoxy groups -OCH3 is 1. The normalized spacial score (nSPS) is 9.71. The zero-order chi connectivity index (χ0) is 12.3. The van der Waals surface area contributed by atoms with Gasteiger partial charge >= 0.3 is 0 Å². The number of rotatable bonds is 2. The fourth-order valence-electron chi connectivity index (χ4n) is 1.47. The van der Waals surface area contributed by atoms with E-state index in [1.165, 1.54) is 19.4 Å². The van der Waals surface area contributed by atoms with E-state index in [-0.39, 0.29) is 5.82 Å². The molecule has 2 rings (SSSR count). The molecule has 0 saturated carbocycles. The van der Waals surface area contributed by atoms with Crippen LogP contribution >= 0.6 is 0 Å². The highest BCUT2D eigenvalue weighted by atomic mass is 19.1. The maximum atomic E-state index is 13.6. The molecule has 0 unspecified atom stereocenters. The van der Waals surface area contributed by atoms with E-state index >= 15 is 0 Å². The summed E-state index contributed by atoms with van der Waals surface area (Å²) in [5.41, 5.74) is 1.59. The monoisotopic (exact) mass is 227 g/mol. The molecule has 2 nitrogen and oxygen atoms in total. The molecule has 1 aromatic carbocycles. The van der Waals surface area contributed by atoms with Gasteiger partial charge in [-0.2, -0.15) is 0 Å². The van der Waals surface area contributed by atoms with Crippen LogP contribution in [0.2, 0.25) is 0 Å². The van der Waals surface area contributed by atoms with Crippen molar-refractivity contribution in [3.05, 3.63) is 47.9 Å². The fourth-order valence-corrected chi connectivity index (χ4v) is 1.47. The van der Waals surface area contributed by atoms with Crippen LogP contribution in [0.5, 0.6) is 5.75 Å². The number of halogens is 1. The van der Waals surface area contributed by atoms with Crippen LogP contribution in [0.1, 0.15) is 5.56 Å². The van der Waals surface area contributed by atoms with Crippen LogP contribution in [0.4, 0.5) is 4.39 Å². The maximum absolute atomic E-state index is 13.6. The molecule has 0 aliphatic rings. The first kappa shape index (κ1) is 11.2. The van der Waals surface area contributed by atoms with Gasteiger partial charge in [-0.05, 0) is 30.3 Å². The van der Waals surface area contributed by atoms with E-state index in [4.69, 9.17) is 11.2 Å². The van der Waals surface area contributed by atoms with Gasteiger partial charge in [-0.1, -0.05) is 5.92 Å². The molecule has 0 atom stereocenters. The van der Waals surface area contributed by atoms with Gasteiger partial charge < -0.3 is 4.74 Å². The van der Waals surface area contributed by atoms with Crippen molar-refractivity contribution in [2.45, 2.75) is 0 Å². The minimum Gasteiger partial charge on any atom is -0.497 e. The van der Waals surface area contributed by atoms with E-state index in [1.807, 2.05) is 0 Å². The van der Waals surface area contributed by atoms with E-state index in [1.54, 1.807) is 24.3 Å². The summed E-state index contributed by atoms with van der Waals surface area (Å²) in [6.07, 6.45) is 6.77. The van der Waals surface area contributed by atoms with Gasteiger partial charge in [-0.25, -0.2) is 4.39 Å². The Hall–Kier alpha value is -2.34. The number of hydrogen-bond acceptors (Lipinski definition) is 2. The topological polar surface area (TPSA) is 22.1 Å². The third-order valence-corrected chi connectivity index (χ3v) is 2.38. The molecule has 2 aromatic rings. The second-order valence-electron chi connectivity index (χ2n) is 3.42. The smallest absolute Gasteiger partial charge is 0.132 e. The second-order valence-corrected chi connectivity index (χ2v) is 3.42. The molecule has 1 heterocycles. The van der Waals surface area contributed by atoms with Crippen LogP contribution in [0.25, 0.3) is 11.3 Å². The molecule has 17 heavy (non-hydrogen) atoms. The van der Waals surface area contributed by atoms with Crippen molar-refractivity contribution in [3.8, 4) is 29.4 Å². The number of terminal acetylenes is 1. The van der Waals surface area contributed by atoms with Crippen LogP contribution in [0, 0.1) is 18.2 Å². The van der Waals surface area contributed by atoms with Crippen molar-refractivity contribution in [2.75, 3.05) is 7.11 Å². The maximum Gasteiger partial charge on any atom is 0.132 e. The van der Waals surface area contributed by atoms with E-state index in [0.29, 0.717) is 22.6 Å². The highest BCUT2D eigenvalue weighted by Gasteiger charge is 2.07. The number of hydrogen-bond donors (Lipinski definition) is 0. The first-order chi connectivity index (χ1) is 8.24.